The van der Waals surface area contributed by atoms with E-state index in [1.165, 1.54) is 0 Å². The van der Waals surface area contributed by atoms with Gasteiger partial charge in [-0.3, -0.25) is 9.69 Å². The Morgan fingerprint density at radius 2 is 2.24 bits per heavy atom. The van der Waals surface area contributed by atoms with Gasteiger partial charge >= 0.3 is 0 Å². The molecule has 0 bridgehead atoms. The van der Waals surface area contributed by atoms with E-state index in [1.807, 2.05) is 12.1 Å². The lowest BCUT2D eigenvalue weighted by molar-refractivity contribution is 0.0387. The van der Waals surface area contributed by atoms with E-state index in [2.05, 4.69) is 11.9 Å². The van der Waals surface area contributed by atoms with Crippen molar-refractivity contribution in [2.75, 3.05) is 20.1 Å². The van der Waals surface area contributed by atoms with Crippen LogP contribution in [-0.4, -0.2) is 43.0 Å². The topological polar surface area (TPSA) is 55.6 Å². The second-order valence-electron chi connectivity index (χ2n) is 4.64. The number of rotatable bonds is 4. The lowest BCUT2D eigenvalue weighted by Crippen LogP contribution is -2.51. The van der Waals surface area contributed by atoms with Crippen molar-refractivity contribution in [1.29, 1.82) is 0 Å². The minimum atomic E-state index is -0.472. The number of likely N-dealkylation sites (N-methyl/N-ethyl adjacent to an activating group) is 1. The van der Waals surface area contributed by atoms with E-state index in [4.69, 9.17) is 10.5 Å². The van der Waals surface area contributed by atoms with E-state index in [-0.39, 0.29) is 11.9 Å². The molecule has 4 nitrogen and oxygen atoms in total. The van der Waals surface area contributed by atoms with E-state index < -0.39 is 6.04 Å². The summed E-state index contributed by atoms with van der Waals surface area (Å²) in [5, 5.41) is 0. The van der Waals surface area contributed by atoms with Gasteiger partial charge in [0.05, 0.1) is 6.04 Å². The Morgan fingerprint density at radius 3 is 2.82 bits per heavy atom. The van der Waals surface area contributed by atoms with Gasteiger partial charge in [-0.2, -0.15) is 0 Å². The molecule has 0 spiro atoms. The lowest BCUT2D eigenvalue weighted by atomic mass is 10.1. The Kier molecular flexibility index (Phi) is 3.45. The molecule has 1 heterocycles. The van der Waals surface area contributed by atoms with Gasteiger partial charge in [-0.1, -0.05) is 12.1 Å². The highest BCUT2D eigenvalue weighted by atomic mass is 16.5. The van der Waals surface area contributed by atoms with Crippen molar-refractivity contribution in [3.8, 4) is 5.75 Å². The molecule has 1 unspecified atom stereocenters. The van der Waals surface area contributed by atoms with Gasteiger partial charge in [0.2, 0.25) is 0 Å². The van der Waals surface area contributed by atoms with Crippen molar-refractivity contribution in [2.24, 2.45) is 5.73 Å². The number of ketones is 1. The SMILES string of the molecule is CC(N)C(=O)c1cccc(OC2CN(C)C2)c1. The summed E-state index contributed by atoms with van der Waals surface area (Å²) in [5.74, 6) is 0.691. The molecule has 1 aromatic rings. The van der Waals surface area contributed by atoms with E-state index in [0.717, 1.165) is 18.8 Å². The lowest BCUT2D eigenvalue weighted by Gasteiger charge is -2.36. The second kappa shape index (κ2) is 4.85. The van der Waals surface area contributed by atoms with Gasteiger partial charge in [0.1, 0.15) is 11.9 Å². The van der Waals surface area contributed by atoms with Gasteiger partial charge in [0, 0.05) is 18.7 Å². The van der Waals surface area contributed by atoms with Crippen molar-refractivity contribution >= 4 is 5.78 Å². The number of hydrogen-bond donors (Lipinski definition) is 1. The van der Waals surface area contributed by atoms with Gasteiger partial charge in [-0.05, 0) is 26.1 Å². The van der Waals surface area contributed by atoms with Crippen LogP contribution in [0, 0.1) is 0 Å². The Balaban J connectivity index is 2.04. The molecule has 92 valence electrons. The standard InChI is InChI=1S/C13H18N2O2/c1-9(14)13(16)10-4-3-5-11(6-10)17-12-7-15(2)8-12/h3-6,9,12H,7-8,14H2,1-2H3. The number of nitrogens with zero attached hydrogens (tertiary/aromatic N) is 1. The first-order valence-corrected chi connectivity index (χ1v) is 5.81. The van der Waals surface area contributed by atoms with Crippen molar-refractivity contribution in [3.63, 3.8) is 0 Å². The number of likely N-dealkylation sites (tertiary alicyclic amines) is 1. The van der Waals surface area contributed by atoms with Crippen LogP contribution in [0.2, 0.25) is 0 Å². The predicted molar refractivity (Wildman–Crippen MR) is 66.3 cm³/mol. The maximum absolute atomic E-state index is 11.7. The summed E-state index contributed by atoms with van der Waals surface area (Å²) in [4.78, 5) is 13.9. The number of carbonyl (C=O) groups excluding carboxylic acids is 1. The molecular formula is C13H18N2O2. The Hall–Kier alpha value is -1.39. The first-order chi connectivity index (χ1) is 8.06. The molecule has 2 N–H and O–H groups in total. The molecule has 0 amide bonds. The summed E-state index contributed by atoms with van der Waals surface area (Å²) in [6.45, 7) is 3.56. The highest BCUT2D eigenvalue weighted by molar-refractivity contribution is 5.99. The molecule has 1 aliphatic heterocycles. The average Bonchev–Trinajstić information content (AvgIpc) is 2.26. The molecule has 0 aliphatic carbocycles. The zero-order valence-electron chi connectivity index (χ0n) is 10.2. The molecule has 1 fully saturated rings. The fraction of sp³-hybridized carbons (Fsp3) is 0.462. The first-order valence-electron chi connectivity index (χ1n) is 5.81. The smallest absolute Gasteiger partial charge is 0.179 e. The average molecular weight is 234 g/mol. The van der Waals surface area contributed by atoms with Crippen LogP contribution in [0.5, 0.6) is 5.75 Å². The summed E-state index contributed by atoms with van der Waals surface area (Å²) in [6, 6.07) is 6.76. The fourth-order valence-corrected chi connectivity index (χ4v) is 1.89. The number of nitrogens with two attached hydrogens (primary N) is 1. The molecule has 0 radical (unpaired) electrons. The van der Waals surface area contributed by atoms with E-state index in [0.29, 0.717) is 5.56 Å². The molecular weight excluding hydrogens is 216 g/mol. The fourth-order valence-electron chi connectivity index (χ4n) is 1.89. The minimum Gasteiger partial charge on any atom is -0.488 e. The number of hydrogen-bond acceptors (Lipinski definition) is 4. The van der Waals surface area contributed by atoms with Gasteiger partial charge in [0.25, 0.3) is 0 Å². The van der Waals surface area contributed by atoms with Crippen LogP contribution in [0.3, 0.4) is 0 Å². The summed E-state index contributed by atoms with van der Waals surface area (Å²) in [7, 11) is 2.05. The molecule has 17 heavy (non-hydrogen) atoms. The van der Waals surface area contributed by atoms with Gasteiger partial charge < -0.3 is 10.5 Å². The summed E-state index contributed by atoms with van der Waals surface area (Å²) >= 11 is 0. The van der Waals surface area contributed by atoms with Crippen molar-refractivity contribution in [1.82, 2.24) is 4.90 Å². The maximum atomic E-state index is 11.7. The minimum absolute atomic E-state index is 0.0545. The van der Waals surface area contributed by atoms with Gasteiger partial charge in [0.15, 0.2) is 5.78 Å². The number of Topliss-reactive ketones (excluding diaryl/α,β-unsaturated/α-hetero) is 1. The molecule has 1 atom stereocenters. The summed E-state index contributed by atoms with van der Waals surface area (Å²) in [5.41, 5.74) is 6.19. The monoisotopic (exact) mass is 234 g/mol. The van der Waals surface area contributed by atoms with Crippen LogP contribution in [0.1, 0.15) is 17.3 Å². The van der Waals surface area contributed by atoms with Gasteiger partial charge in [-0.25, -0.2) is 0 Å². The van der Waals surface area contributed by atoms with Crippen molar-refractivity contribution < 1.29 is 9.53 Å². The molecule has 1 aromatic carbocycles. The quantitative estimate of drug-likeness (QED) is 0.787. The molecule has 4 heteroatoms. The Labute approximate surface area is 101 Å². The number of ether oxygens (including phenoxy) is 1. The summed E-state index contributed by atoms with van der Waals surface area (Å²) < 4.78 is 5.76. The van der Waals surface area contributed by atoms with Crippen LogP contribution in [0.15, 0.2) is 24.3 Å². The Bertz CT molecular complexity index is 412. The van der Waals surface area contributed by atoms with Crippen LogP contribution in [-0.2, 0) is 0 Å². The third-order valence-corrected chi connectivity index (χ3v) is 2.87. The zero-order valence-corrected chi connectivity index (χ0v) is 10.2. The molecule has 0 aromatic heterocycles. The van der Waals surface area contributed by atoms with E-state index >= 15 is 0 Å². The molecule has 2 rings (SSSR count). The van der Waals surface area contributed by atoms with Crippen LogP contribution in [0.4, 0.5) is 0 Å². The Morgan fingerprint density at radius 1 is 1.53 bits per heavy atom. The largest absolute Gasteiger partial charge is 0.488 e. The normalized spacial score (nSPS) is 18.5. The number of benzene rings is 1. The third kappa shape index (κ3) is 2.84. The van der Waals surface area contributed by atoms with E-state index in [1.54, 1.807) is 19.1 Å². The van der Waals surface area contributed by atoms with Gasteiger partial charge in [-0.15, -0.1) is 0 Å². The maximum Gasteiger partial charge on any atom is 0.179 e. The molecule has 1 saturated heterocycles. The second-order valence-corrected chi connectivity index (χ2v) is 4.64. The molecule has 0 saturated carbocycles. The van der Waals surface area contributed by atoms with Crippen molar-refractivity contribution in [3.05, 3.63) is 29.8 Å². The summed E-state index contributed by atoms with van der Waals surface area (Å²) in [6.07, 6.45) is 0.237. The number of carbonyl (C=O) groups is 1. The third-order valence-electron chi connectivity index (χ3n) is 2.87. The highest BCUT2D eigenvalue weighted by Gasteiger charge is 2.25. The molecule has 1 aliphatic rings. The zero-order chi connectivity index (χ0) is 12.4. The first kappa shape index (κ1) is 12.1. The van der Waals surface area contributed by atoms with Crippen molar-refractivity contribution in [2.45, 2.75) is 19.1 Å². The predicted octanol–water partition coefficient (Wildman–Crippen LogP) is 0.909. The van der Waals surface area contributed by atoms with Crippen LogP contribution >= 0.6 is 0 Å². The van der Waals surface area contributed by atoms with Crippen LogP contribution in [0.25, 0.3) is 0 Å². The highest BCUT2D eigenvalue weighted by Crippen LogP contribution is 2.19. The van der Waals surface area contributed by atoms with Crippen LogP contribution < -0.4 is 10.5 Å². The van der Waals surface area contributed by atoms with E-state index in [9.17, 15) is 4.79 Å².